The molecule has 1 aliphatic carbocycles. The van der Waals surface area contributed by atoms with Crippen molar-refractivity contribution in [3.8, 4) is 0 Å². The minimum Gasteiger partial charge on any atom is -0.309 e. The van der Waals surface area contributed by atoms with Gasteiger partial charge in [-0.1, -0.05) is 13.3 Å². The first-order valence-corrected chi connectivity index (χ1v) is 6.88. The highest BCUT2D eigenvalue weighted by Crippen LogP contribution is 2.35. The zero-order valence-corrected chi connectivity index (χ0v) is 12.1. The molecule has 15 heavy (non-hydrogen) atoms. The summed E-state index contributed by atoms with van der Waals surface area (Å²) in [5, 5.41) is 3.61. The molecular weight excluding hydrogens is 294 g/mol. The highest BCUT2D eigenvalue weighted by atomic mass is 79.9. The SMILES string of the molecule is CCCC1CC1NCc1ccc(Br)s1.Cl. The second-order valence-corrected chi connectivity index (χ2v) is 6.53. The Labute approximate surface area is 110 Å². The number of nitrogens with one attached hydrogen (secondary N) is 1. The molecule has 0 spiro atoms. The molecule has 2 atom stereocenters. The second-order valence-electron chi connectivity index (χ2n) is 3.98. The summed E-state index contributed by atoms with van der Waals surface area (Å²) in [6.07, 6.45) is 4.11. The van der Waals surface area contributed by atoms with Crippen molar-refractivity contribution < 1.29 is 0 Å². The van der Waals surface area contributed by atoms with Crippen molar-refractivity contribution in [3.05, 3.63) is 20.8 Å². The largest absolute Gasteiger partial charge is 0.309 e. The van der Waals surface area contributed by atoms with Crippen LogP contribution in [-0.4, -0.2) is 6.04 Å². The second kappa shape index (κ2) is 6.24. The molecule has 0 saturated heterocycles. The molecule has 86 valence electrons. The van der Waals surface area contributed by atoms with E-state index in [0.717, 1.165) is 18.5 Å². The molecule has 4 heteroatoms. The first kappa shape index (κ1) is 13.5. The number of hydrogen-bond acceptors (Lipinski definition) is 2. The van der Waals surface area contributed by atoms with E-state index in [-0.39, 0.29) is 12.4 Å². The van der Waals surface area contributed by atoms with E-state index in [1.54, 1.807) is 0 Å². The summed E-state index contributed by atoms with van der Waals surface area (Å²) >= 11 is 5.31. The molecule has 0 bridgehead atoms. The molecule has 1 saturated carbocycles. The average Bonchev–Trinajstić information content (AvgIpc) is 2.77. The smallest absolute Gasteiger partial charge is 0.0701 e. The van der Waals surface area contributed by atoms with Crippen molar-refractivity contribution in [1.29, 1.82) is 0 Å². The van der Waals surface area contributed by atoms with Crippen LogP contribution in [0.4, 0.5) is 0 Å². The third-order valence-electron chi connectivity index (χ3n) is 2.75. The Bertz CT molecular complexity index is 303. The summed E-state index contributed by atoms with van der Waals surface area (Å²) in [5.41, 5.74) is 0. The molecule has 1 aromatic heterocycles. The van der Waals surface area contributed by atoms with E-state index < -0.39 is 0 Å². The molecule has 1 heterocycles. The molecule has 0 aliphatic heterocycles. The number of halogens is 2. The molecule has 0 radical (unpaired) electrons. The fourth-order valence-corrected chi connectivity index (χ4v) is 3.30. The maximum atomic E-state index is 3.61. The number of rotatable bonds is 5. The average molecular weight is 311 g/mol. The maximum Gasteiger partial charge on any atom is 0.0701 e. The molecule has 1 N–H and O–H groups in total. The minimum absolute atomic E-state index is 0. The van der Waals surface area contributed by atoms with Gasteiger partial charge in [-0.3, -0.25) is 0 Å². The van der Waals surface area contributed by atoms with E-state index in [0.29, 0.717) is 0 Å². The van der Waals surface area contributed by atoms with Crippen LogP contribution in [0.3, 0.4) is 0 Å². The van der Waals surface area contributed by atoms with Crippen LogP contribution in [0.15, 0.2) is 15.9 Å². The molecule has 0 amide bonds. The quantitative estimate of drug-likeness (QED) is 0.859. The highest BCUT2D eigenvalue weighted by molar-refractivity contribution is 9.11. The van der Waals surface area contributed by atoms with Gasteiger partial charge in [0, 0.05) is 17.5 Å². The Balaban J connectivity index is 0.00000112. The van der Waals surface area contributed by atoms with Crippen molar-refractivity contribution in [2.24, 2.45) is 5.92 Å². The van der Waals surface area contributed by atoms with Crippen molar-refractivity contribution in [1.82, 2.24) is 5.32 Å². The van der Waals surface area contributed by atoms with Gasteiger partial charge >= 0.3 is 0 Å². The van der Waals surface area contributed by atoms with E-state index in [1.165, 1.54) is 27.9 Å². The first-order valence-electron chi connectivity index (χ1n) is 5.27. The van der Waals surface area contributed by atoms with Crippen LogP contribution < -0.4 is 5.32 Å². The predicted molar refractivity (Wildman–Crippen MR) is 72.9 cm³/mol. The van der Waals surface area contributed by atoms with Crippen LogP contribution >= 0.6 is 39.7 Å². The van der Waals surface area contributed by atoms with Crippen molar-refractivity contribution in [2.75, 3.05) is 0 Å². The normalized spacial score (nSPS) is 23.6. The summed E-state index contributed by atoms with van der Waals surface area (Å²) in [4.78, 5) is 1.43. The van der Waals surface area contributed by atoms with Crippen LogP contribution in [0.5, 0.6) is 0 Å². The Hall–Kier alpha value is 0.430. The van der Waals surface area contributed by atoms with Gasteiger partial charge in [0.25, 0.3) is 0 Å². The zero-order chi connectivity index (χ0) is 9.97. The molecule has 0 aromatic carbocycles. The lowest BCUT2D eigenvalue weighted by atomic mass is 10.2. The summed E-state index contributed by atoms with van der Waals surface area (Å²) < 4.78 is 1.23. The molecule has 1 aromatic rings. The Morgan fingerprint density at radius 2 is 2.33 bits per heavy atom. The van der Waals surface area contributed by atoms with Gasteiger partial charge in [0.05, 0.1) is 3.79 Å². The van der Waals surface area contributed by atoms with Gasteiger partial charge in [0.1, 0.15) is 0 Å². The van der Waals surface area contributed by atoms with E-state index >= 15 is 0 Å². The summed E-state index contributed by atoms with van der Waals surface area (Å²) in [5.74, 6) is 0.961. The van der Waals surface area contributed by atoms with Crippen molar-refractivity contribution >= 4 is 39.7 Å². The van der Waals surface area contributed by atoms with E-state index in [1.807, 2.05) is 11.3 Å². The molecule has 2 rings (SSSR count). The van der Waals surface area contributed by atoms with Gasteiger partial charge in [-0.25, -0.2) is 0 Å². The van der Waals surface area contributed by atoms with Gasteiger partial charge in [-0.05, 0) is 46.8 Å². The van der Waals surface area contributed by atoms with E-state index in [2.05, 4.69) is 40.3 Å². The molecule has 1 nitrogen and oxygen atoms in total. The van der Waals surface area contributed by atoms with Crippen molar-refractivity contribution in [2.45, 2.75) is 38.8 Å². The Morgan fingerprint density at radius 3 is 2.93 bits per heavy atom. The van der Waals surface area contributed by atoms with Crippen LogP contribution in [-0.2, 0) is 6.54 Å². The Morgan fingerprint density at radius 1 is 1.53 bits per heavy atom. The van der Waals surface area contributed by atoms with Crippen LogP contribution in [0.25, 0.3) is 0 Å². The standard InChI is InChI=1S/C11H16BrNS.ClH/c1-2-3-8-6-10(8)13-7-9-4-5-11(12)14-9;/h4-5,8,10,13H,2-3,6-7H2,1H3;1H. The molecule has 1 aliphatic rings. The van der Waals surface area contributed by atoms with E-state index in [9.17, 15) is 0 Å². The van der Waals surface area contributed by atoms with Gasteiger partial charge in [0.2, 0.25) is 0 Å². The van der Waals surface area contributed by atoms with Gasteiger partial charge < -0.3 is 5.32 Å². The maximum absolute atomic E-state index is 3.61. The van der Waals surface area contributed by atoms with Crippen LogP contribution in [0, 0.1) is 5.92 Å². The lowest BCUT2D eigenvalue weighted by Gasteiger charge is -2.00. The summed E-state index contributed by atoms with van der Waals surface area (Å²) in [6, 6.07) is 5.12. The van der Waals surface area contributed by atoms with E-state index in [4.69, 9.17) is 0 Å². The number of hydrogen-bond donors (Lipinski definition) is 1. The monoisotopic (exact) mass is 309 g/mol. The molecule has 1 fully saturated rings. The zero-order valence-electron chi connectivity index (χ0n) is 8.83. The highest BCUT2D eigenvalue weighted by Gasteiger charge is 2.35. The third-order valence-corrected chi connectivity index (χ3v) is 4.37. The minimum atomic E-state index is 0. The first-order chi connectivity index (χ1) is 6.79. The van der Waals surface area contributed by atoms with Crippen LogP contribution in [0.1, 0.15) is 31.1 Å². The number of thiophene rings is 1. The fraction of sp³-hybridized carbons (Fsp3) is 0.636. The van der Waals surface area contributed by atoms with Crippen LogP contribution in [0.2, 0.25) is 0 Å². The lowest BCUT2D eigenvalue weighted by Crippen LogP contribution is -2.16. The van der Waals surface area contributed by atoms with Gasteiger partial charge in [0.15, 0.2) is 0 Å². The third kappa shape index (κ3) is 4.06. The Kier molecular flexibility index (Phi) is 5.61. The predicted octanol–water partition coefficient (Wildman–Crippen LogP) is 4.21. The molecular formula is C11H17BrClNS. The molecule has 2 unspecified atom stereocenters. The topological polar surface area (TPSA) is 12.0 Å². The summed E-state index contributed by atoms with van der Waals surface area (Å²) in [7, 11) is 0. The van der Waals surface area contributed by atoms with Crippen molar-refractivity contribution in [3.63, 3.8) is 0 Å². The fourth-order valence-electron chi connectivity index (χ4n) is 1.87. The lowest BCUT2D eigenvalue weighted by molar-refractivity contribution is 0.602. The van der Waals surface area contributed by atoms with Gasteiger partial charge in [-0.15, -0.1) is 23.7 Å². The summed E-state index contributed by atoms with van der Waals surface area (Å²) in [6.45, 7) is 3.31. The van der Waals surface area contributed by atoms with Gasteiger partial charge in [-0.2, -0.15) is 0 Å².